The van der Waals surface area contributed by atoms with E-state index in [1.54, 1.807) is 11.3 Å². The van der Waals surface area contributed by atoms with Gasteiger partial charge in [0, 0.05) is 26.6 Å². The molecule has 0 fully saturated rings. The van der Waals surface area contributed by atoms with Crippen molar-refractivity contribution in [3.8, 4) is 21.7 Å². The van der Waals surface area contributed by atoms with Gasteiger partial charge in [-0.25, -0.2) is 4.98 Å². The SMILES string of the molecule is CC(C)c1ccc(-c2cc3ccc(-c4cccc5c4oc4ccccc45)nc3s2)cc1. The van der Waals surface area contributed by atoms with Crippen molar-refractivity contribution >= 4 is 43.5 Å². The fraction of sp³-hybridized carbons (Fsp3) is 0.107. The van der Waals surface area contributed by atoms with E-state index in [0.717, 1.165) is 38.0 Å². The number of benzene rings is 3. The Morgan fingerprint density at radius 2 is 1.61 bits per heavy atom. The zero-order chi connectivity index (χ0) is 20.9. The van der Waals surface area contributed by atoms with Crippen LogP contribution in [0.4, 0.5) is 0 Å². The van der Waals surface area contributed by atoms with Crippen molar-refractivity contribution in [3.63, 3.8) is 0 Å². The Labute approximate surface area is 184 Å². The van der Waals surface area contributed by atoms with Gasteiger partial charge in [-0.15, -0.1) is 11.3 Å². The molecule has 0 saturated carbocycles. The Bertz CT molecular complexity index is 1550. The zero-order valence-electron chi connectivity index (χ0n) is 17.4. The third kappa shape index (κ3) is 3.05. The van der Waals surface area contributed by atoms with Gasteiger partial charge in [0.1, 0.15) is 16.0 Å². The van der Waals surface area contributed by atoms with Crippen molar-refractivity contribution in [1.29, 1.82) is 0 Å². The van der Waals surface area contributed by atoms with Gasteiger partial charge in [0.25, 0.3) is 0 Å². The van der Waals surface area contributed by atoms with Crippen molar-refractivity contribution in [1.82, 2.24) is 4.98 Å². The van der Waals surface area contributed by atoms with E-state index in [1.165, 1.54) is 21.4 Å². The van der Waals surface area contributed by atoms with Crippen LogP contribution in [0.5, 0.6) is 0 Å². The molecule has 0 radical (unpaired) electrons. The van der Waals surface area contributed by atoms with E-state index >= 15 is 0 Å². The van der Waals surface area contributed by atoms with Crippen LogP contribution in [0, 0.1) is 0 Å². The van der Waals surface area contributed by atoms with Crippen LogP contribution in [-0.2, 0) is 0 Å². The van der Waals surface area contributed by atoms with Gasteiger partial charge in [-0.3, -0.25) is 0 Å². The summed E-state index contributed by atoms with van der Waals surface area (Å²) in [5.74, 6) is 0.543. The molecular formula is C28H21NOS. The number of fused-ring (bicyclic) bond motifs is 4. The highest BCUT2D eigenvalue weighted by molar-refractivity contribution is 7.21. The number of thiophene rings is 1. The molecule has 3 aromatic carbocycles. The van der Waals surface area contributed by atoms with E-state index in [4.69, 9.17) is 9.40 Å². The van der Waals surface area contributed by atoms with Crippen molar-refractivity contribution in [2.75, 3.05) is 0 Å². The highest BCUT2D eigenvalue weighted by Crippen LogP contribution is 2.38. The molecule has 0 atom stereocenters. The Hall–Kier alpha value is -3.43. The summed E-state index contributed by atoms with van der Waals surface area (Å²) < 4.78 is 6.22. The number of hydrogen-bond donors (Lipinski definition) is 0. The first kappa shape index (κ1) is 18.3. The molecule has 0 aliphatic heterocycles. The van der Waals surface area contributed by atoms with Crippen LogP contribution >= 0.6 is 11.3 Å². The van der Waals surface area contributed by atoms with Crippen LogP contribution in [0.25, 0.3) is 53.9 Å². The minimum absolute atomic E-state index is 0.543. The smallest absolute Gasteiger partial charge is 0.144 e. The van der Waals surface area contributed by atoms with Gasteiger partial charge in [-0.1, -0.05) is 68.4 Å². The molecule has 150 valence electrons. The lowest BCUT2D eigenvalue weighted by atomic mass is 10.0. The van der Waals surface area contributed by atoms with E-state index in [1.807, 2.05) is 12.1 Å². The maximum absolute atomic E-state index is 6.22. The molecule has 0 bridgehead atoms. The van der Waals surface area contributed by atoms with Crippen molar-refractivity contribution < 1.29 is 4.42 Å². The lowest BCUT2D eigenvalue weighted by Gasteiger charge is -2.05. The van der Waals surface area contributed by atoms with Crippen molar-refractivity contribution in [2.24, 2.45) is 0 Å². The Balaban J connectivity index is 1.46. The van der Waals surface area contributed by atoms with Gasteiger partial charge >= 0.3 is 0 Å². The number of hydrogen-bond acceptors (Lipinski definition) is 3. The summed E-state index contributed by atoms with van der Waals surface area (Å²) in [5, 5.41) is 3.45. The number of rotatable bonds is 3. The molecule has 0 unspecified atom stereocenters. The van der Waals surface area contributed by atoms with Gasteiger partial charge in [0.2, 0.25) is 0 Å². The maximum atomic E-state index is 6.22. The number of nitrogens with zero attached hydrogens (tertiary/aromatic N) is 1. The Kier molecular flexibility index (Phi) is 4.18. The fourth-order valence-electron chi connectivity index (χ4n) is 4.19. The van der Waals surface area contributed by atoms with E-state index in [-0.39, 0.29) is 0 Å². The summed E-state index contributed by atoms with van der Waals surface area (Å²) in [4.78, 5) is 7.31. The molecule has 6 rings (SSSR count). The van der Waals surface area contributed by atoms with Gasteiger partial charge in [0.15, 0.2) is 0 Å². The minimum atomic E-state index is 0.543. The highest BCUT2D eigenvalue weighted by atomic mass is 32.1. The molecule has 0 aliphatic rings. The van der Waals surface area contributed by atoms with Crippen LogP contribution in [0.3, 0.4) is 0 Å². The molecule has 31 heavy (non-hydrogen) atoms. The van der Waals surface area contributed by atoms with E-state index in [0.29, 0.717) is 5.92 Å². The molecule has 0 spiro atoms. The number of furan rings is 1. The van der Waals surface area contributed by atoms with Crippen LogP contribution in [-0.4, -0.2) is 4.98 Å². The third-order valence-electron chi connectivity index (χ3n) is 5.93. The van der Waals surface area contributed by atoms with E-state index < -0.39 is 0 Å². The standard InChI is InChI=1S/C28H21NOS/c1-17(2)18-10-12-19(13-11-18)26-16-20-14-15-24(29-28(20)31-26)23-8-5-7-22-21-6-3-4-9-25(21)30-27(22)23/h3-17H,1-2H3. The first-order valence-electron chi connectivity index (χ1n) is 10.6. The molecule has 6 aromatic rings. The average molecular weight is 420 g/mol. The summed E-state index contributed by atoms with van der Waals surface area (Å²) in [6.07, 6.45) is 0. The highest BCUT2D eigenvalue weighted by Gasteiger charge is 2.14. The van der Waals surface area contributed by atoms with Gasteiger partial charge < -0.3 is 4.42 Å². The van der Waals surface area contributed by atoms with Gasteiger partial charge in [-0.05, 0) is 47.4 Å². The lowest BCUT2D eigenvalue weighted by Crippen LogP contribution is -1.85. The predicted octanol–water partition coefficient (Wildman–Crippen LogP) is 8.65. The zero-order valence-corrected chi connectivity index (χ0v) is 18.2. The van der Waals surface area contributed by atoms with Gasteiger partial charge in [0.05, 0.1) is 5.69 Å². The Morgan fingerprint density at radius 1 is 0.806 bits per heavy atom. The van der Waals surface area contributed by atoms with Crippen LogP contribution in [0.15, 0.2) is 89.3 Å². The van der Waals surface area contributed by atoms with Crippen LogP contribution in [0.1, 0.15) is 25.3 Å². The second kappa shape index (κ2) is 7.07. The second-order valence-electron chi connectivity index (χ2n) is 8.26. The summed E-state index contributed by atoms with van der Waals surface area (Å²) in [6.45, 7) is 4.45. The monoisotopic (exact) mass is 419 g/mol. The number of para-hydroxylation sites is 2. The Morgan fingerprint density at radius 3 is 2.45 bits per heavy atom. The summed E-state index contributed by atoms with van der Waals surface area (Å²) >= 11 is 1.74. The molecule has 3 heteroatoms. The fourth-order valence-corrected chi connectivity index (χ4v) is 5.23. The number of aromatic nitrogens is 1. The second-order valence-corrected chi connectivity index (χ2v) is 9.29. The predicted molar refractivity (Wildman–Crippen MR) is 132 cm³/mol. The molecule has 3 heterocycles. The third-order valence-corrected chi connectivity index (χ3v) is 7.02. The maximum Gasteiger partial charge on any atom is 0.144 e. The van der Waals surface area contributed by atoms with Crippen molar-refractivity contribution in [2.45, 2.75) is 19.8 Å². The summed E-state index contributed by atoms with van der Waals surface area (Å²) in [6, 6.07) is 29.9. The lowest BCUT2D eigenvalue weighted by molar-refractivity contribution is 0.670. The summed E-state index contributed by atoms with van der Waals surface area (Å²) in [7, 11) is 0. The normalized spacial score (nSPS) is 11.8. The number of pyridine rings is 1. The first-order valence-corrected chi connectivity index (χ1v) is 11.4. The molecule has 2 nitrogen and oxygen atoms in total. The molecule has 0 aliphatic carbocycles. The first-order chi connectivity index (χ1) is 15.2. The topological polar surface area (TPSA) is 26.0 Å². The minimum Gasteiger partial charge on any atom is -0.455 e. The largest absolute Gasteiger partial charge is 0.455 e. The van der Waals surface area contributed by atoms with E-state index in [2.05, 4.69) is 86.6 Å². The molecule has 0 amide bonds. The molecule has 3 aromatic heterocycles. The van der Waals surface area contributed by atoms with Crippen molar-refractivity contribution in [3.05, 3.63) is 90.5 Å². The van der Waals surface area contributed by atoms with Crippen LogP contribution < -0.4 is 0 Å². The van der Waals surface area contributed by atoms with Gasteiger partial charge in [-0.2, -0.15) is 0 Å². The molecular weight excluding hydrogens is 398 g/mol. The molecule has 0 saturated heterocycles. The van der Waals surface area contributed by atoms with E-state index in [9.17, 15) is 0 Å². The van der Waals surface area contributed by atoms with Crippen LogP contribution in [0.2, 0.25) is 0 Å². The average Bonchev–Trinajstić information content (AvgIpc) is 3.40. The summed E-state index contributed by atoms with van der Waals surface area (Å²) in [5.41, 5.74) is 6.40. The quantitative estimate of drug-likeness (QED) is 0.287. The molecule has 0 N–H and O–H groups in total.